The van der Waals surface area contributed by atoms with Gasteiger partial charge in [-0.25, -0.2) is 4.98 Å². The van der Waals surface area contributed by atoms with Crippen LogP contribution in [0.1, 0.15) is 0 Å². The fourth-order valence-electron chi connectivity index (χ4n) is 3.08. The van der Waals surface area contributed by atoms with Crippen LogP contribution in [0.2, 0.25) is 5.02 Å². The molecule has 5 nitrogen and oxygen atoms in total. The molecule has 0 aliphatic heterocycles. The number of phenolic OH excluding ortho intramolecular Hbond substituents is 1. The Bertz CT molecular complexity index is 1190. The maximum absolute atomic E-state index is 10.9. The molecule has 0 fully saturated rings. The molecule has 29 heavy (non-hydrogen) atoms. The van der Waals surface area contributed by atoms with Crippen molar-refractivity contribution in [1.82, 2.24) is 4.98 Å². The minimum absolute atomic E-state index is 0.0145. The number of non-ortho nitro benzene ring substituents is 1. The molecule has 0 spiro atoms. The van der Waals surface area contributed by atoms with E-state index in [9.17, 15) is 15.2 Å². The Morgan fingerprint density at radius 1 is 0.793 bits per heavy atom. The summed E-state index contributed by atoms with van der Waals surface area (Å²) in [4.78, 5) is 15.2. The lowest BCUT2D eigenvalue weighted by atomic mass is 9.99. The molecule has 0 unspecified atom stereocenters. The van der Waals surface area contributed by atoms with Gasteiger partial charge in [0.25, 0.3) is 5.69 Å². The lowest BCUT2D eigenvalue weighted by Crippen LogP contribution is -1.92. The molecule has 0 atom stereocenters. The van der Waals surface area contributed by atoms with Crippen LogP contribution in [-0.2, 0) is 0 Å². The number of phenols is 1. The molecule has 1 aromatic heterocycles. The fourth-order valence-corrected chi connectivity index (χ4v) is 3.25. The van der Waals surface area contributed by atoms with Crippen molar-refractivity contribution in [3.8, 4) is 39.4 Å². The molecule has 0 bridgehead atoms. The number of nitro groups is 1. The van der Waals surface area contributed by atoms with Gasteiger partial charge in [0, 0.05) is 28.3 Å². The zero-order valence-electron chi connectivity index (χ0n) is 15.1. The van der Waals surface area contributed by atoms with E-state index in [1.807, 2.05) is 42.5 Å². The molecule has 1 N–H and O–H groups in total. The number of aromatic nitrogens is 1. The highest BCUT2D eigenvalue weighted by molar-refractivity contribution is 6.31. The molecule has 0 saturated heterocycles. The maximum atomic E-state index is 10.9. The molecule has 1 heterocycles. The van der Waals surface area contributed by atoms with E-state index in [4.69, 9.17) is 11.6 Å². The third-order valence-corrected chi connectivity index (χ3v) is 4.78. The molecule has 6 heteroatoms. The Hall–Kier alpha value is -3.70. The number of nitrogens with zero attached hydrogens (tertiary/aromatic N) is 2. The number of aromatic hydroxyl groups is 1. The Balaban J connectivity index is 1.91. The molecular formula is C23H15ClN2O3. The van der Waals surface area contributed by atoms with Gasteiger partial charge >= 0.3 is 0 Å². The van der Waals surface area contributed by atoms with E-state index in [1.165, 1.54) is 18.2 Å². The zero-order chi connectivity index (χ0) is 20.4. The van der Waals surface area contributed by atoms with Crippen LogP contribution >= 0.6 is 11.6 Å². The van der Waals surface area contributed by atoms with E-state index in [1.54, 1.807) is 24.3 Å². The summed E-state index contributed by atoms with van der Waals surface area (Å²) in [7, 11) is 0. The lowest BCUT2D eigenvalue weighted by molar-refractivity contribution is -0.384. The molecule has 4 aromatic rings. The molecule has 3 aromatic carbocycles. The van der Waals surface area contributed by atoms with Crippen molar-refractivity contribution in [3.05, 3.63) is 100 Å². The van der Waals surface area contributed by atoms with Crippen molar-refractivity contribution in [1.29, 1.82) is 0 Å². The second kappa shape index (κ2) is 7.73. The van der Waals surface area contributed by atoms with Crippen LogP contribution in [0.5, 0.6) is 5.75 Å². The van der Waals surface area contributed by atoms with Crippen LogP contribution in [0.3, 0.4) is 0 Å². The van der Waals surface area contributed by atoms with Crippen molar-refractivity contribution >= 4 is 17.3 Å². The van der Waals surface area contributed by atoms with Crippen molar-refractivity contribution in [3.63, 3.8) is 0 Å². The smallest absolute Gasteiger partial charge is 0.269 e. The van der Waals surface area contributed by atoms with E-state index in [2.05, 4.69) is 4.98 Å². The van der Waals surface area contributed by atoms with Gasteiger partial charge in [0.2, 0.25) is 0 Å². The maximum Gasteiger partial charge on any atom is 0.269 e. The molecular weight excluding hydrogens is 388 g/mol. The number of benzene rings is 3. The number of rotatable bonds is 4. The van der Waals surface area contributed by atoms with Crippen LogP contribution < -0.4 is 0 Å². The van der Waals surface area contributed by atoms with Crippen molar-refractivity contribution < 1.29 is 10.0 Å². The van der Waals surface area contributed by atoms with Crippen LogP contribution in [0.4, 0.5) is 5.69 Å². The standard InChI is InChI=1S/C23H15ClN2O3/c24-18-8-11-23(27)20(14-18)22-13-17(15-4-2-1-3-5-15)12-21(25-22)16-6-9-19(10-7-16)26(28)29/h1-14,27H. The summed E-state index contributed by atoms with van der Waals surface area (Å²) in [5.41, 5.74) is 4.34. The molecule has 142 valence electrons. The van der Waals surface area contributed by atoms with Gasteiger partial charge in [-0.15, -0.1) is 0 Å². The average molecular weight is 403 g/mol. The van der Waals surface area contributed by atoms with Crippen molar-refractivity contribution in [2.75, 3.05) is 0 Å². The first-order valence-electron chi connectivity index (χ1n) is 8.82. The van der Waals surface area contributed by atoms with Gasteiger partial charge in [-0.3, -0.25) is 10.1 Å². The first kappa shape index (κ1) is 18.7. The monoisotopic (exact) mass is 402 g/mol. The molecule has 4 rings (SSSR count). The second-order valence-corrected chi connectivity index (χ2v) is 6.89. The third kappa shape index (κ3) is 3.95. The van der Waals surface area contributed by atoms with Crippen LogP contribution in [0.25, 0.3) is 33.6 Å². The third-order valence-electron chi connectivity index (χ3n) is 4.54. The number of hydrogen-bond acceptors (Lipinski definition) is 4. The van der Waals surface area contributed by atoms with Crippen LogP contribution in [-0.4, -0.2) is 15.0 Å². The summed E-state index contributed by atoms with van der Waals surface area (Å²) in [6, 6.07) is 24.6. The minimum Gasteiger partial charge on any atom is -0.507 e. The first-order chi connectivity index (χ1) is 14.0. The number of nitro benzene ring substituents is 1. The topological polar surface area (TPSA) is 76.3 Å². The van der Waals surface area contributed by atoms with Crippen molar-refractivity contribution in [2.24, 2.45) is 0 Å². The number of pyridine rings is 1. The van der Waals surface area contributed by atoms with Gasteiger partial charge in [-0.1, -0.05) is 41.9 Å². The van der Waals surface area contributed by atoms with Gasteiger partial charge < -0.3 is 5.11 Å². The van der Waals surface area contributed by atoms with Gasteiger partial charge in [0.05, 0.1) is 16.3 Å². The summed E-state index contributed by atoms with van der Waals surface area (Å²) >= 11 is 6.12. The lowest BCUT2D eigenvalue weighted by Gasteiger charge is -2.11. The minimum atomic E-state index is -0.437. The molecule has 0 radical (unpaired) electrons. The van der Waals surface area contributed by atoms with E-state index in [0.717, 1.165) is 16.7 Å². The predicted molar refractivity (Wildman–Crippen MR) is 114 cm³/mol. The highest BCUT2D eigenvalue weighted by atomic mass is 35.5. The SMILES string of the molecule is O=[N+]([O-])c1ccc(-c2cc(-c3ccccc3)cc(-c3cc(Cl)ccc3O)n2)cc1. The molecule has 0 amide bonds. The van der Waals surface area contributed by atoms with Crippen LogP contribution in [0, 0.1) is 10.1 Å². The summed E-state index contributed by atoms with van der Waals surface area (Å²) < 4.78 is 0. The summed E-state index contributed by atoms with van der Waals surface area (Å²) in [6.07, 6.45) is 0. The van der Waals surface area contributed by atoms with Gasteiger partial charge in [0.15, 0.2) is 0 Å². The van der Waals surface area contributed by atoms with E-state index in [0.29, 0.717) is 22.0 Å². The van der Waals surface area contributed by atoms with Gasteiger partial charge in [-0.2, -0.15) is 0 Å². The van der Waals surface area contributed by atoms with Crippen LogP contribution in [0.15, 0.2) is 84.9 Å². The number of halogens is 1. The molecule has 0 saturated carbocycles. The highest BCUT2D eigenvalue weighted by Gasteiger charge is 2.13. The average Bonchev–Trinajstić information content (AvgIpc) is 2.76. The zero-order valence-corrected chi connectivity index (χ0v) is 15.9. The number of hydrogen-bond donors (Lipinski definition) is 1. The van der Waals surface area contributed by atoms with Crippen molar-refractivity contribution in [2.45, 2.75) is 0 Å². The Morgan fingerprint density at radius 2 is 1.48 bits per heavy atom. The van der Waals surface area contributed by atoms with E-state index in [-0.39, 0.29) is 11.4 Å². The normalized spacial score (nSPS) is 10.7. The largest absolute Gasteiger partial charge is 0.507 e. The predicted octanol–water partition coefficient (Wildman–Crippen LogP) is 6.35. The van der Waals surface area contributed by atoms with E-state index < -0.39 is 4.92 Å². The Morgan fingerprint density at radius 3 is 2.17 bits per heavy atom. The van der Waals surface area contributed by atoms with Gasteiger partial charge in [-0.05, 0) is 53.6 Å². The second-order valence-electron chi connectivity index (χ2n) is 6.46. The van der Waals surface area contributed by atoms with Gasteiger partial charge in [0.1, 0.15) is 5.75 Å². The molecule has 0 aliphatic rings. The fraction of sp³-hybridized carbons (Fsp3) is 0. The quantitative estimate of drug-likeness (QED) is 0.318. The first-order valence-corrected chi connectivity index (χ1v) is 9.20. The van der Waals surface area contributed by atoms with E-state index >= 15 is 0 Å². The summed E-state index contributed by atoms with van der Waals surface area (Å²) in [6.45, 7) is 0. The highest BCUT2D eigenvalue weighted by Crippen LogP contribution is 2.35. The summed E-state index contributed by atoms with van der Waals surface area (Å²) in [5.74, 6) is 0.0711. The molecule has 0 aliphatic carbocycles. The Kier molecular flexibility index (Phi) is 4.97. The summed E-state index contributed by atoms with van der Waals surface area (Å²) in [5, 5.41) is 21.8. The Labute approximate surface area is 172 Å².